The Morgan fingerprint density at radius 2 is 1.61 bits per heavy atom. The summed E-state index contributed by atoms with van der Waals surface area (Å²) in [5.41, 5.74) is 4.75. The molecule has 0 saturated heterocycles. The number of aryl methyl sites for hydroxylation is 2. The quantitative estimate of drug-likeness (QED) is 0.775. The number of nitrogens with one attached hydrogen (secondary N) is 1. The molecule has 0 radical (unpaired) electrons. The van der Waals surface area contributed by atoms with E-state index >= 15 is 0 Å². The van der Waals surface area contributed by atoms with Gasteiger partial charge in [-0.1, -0.05) is 6.07 Å². The Labute approximate surface area is 115 Å². The third kappa shape index (κ3) is 2.56. The van der Waals surface area contributed by atoms with Crippen LogP contribution in [0, 0.1) is 13.8 Å². The third-order valence-corrected chi connectivity index (χ3v) is 3.30. The van der Waals surface area contributed by atoms with Gasteiger partial charge in [0.25, 0.3) is 0 Å². The molecule has 0 unspecified atom stereocenters. The molecular weight excluding hydrogens is 240 g/mol. The molecule has 1 N–H and O–H groups in total. The fourth-order valence-electron chi connectivity index (χ4n) is 2.52. The summed E-state index contributed by atoms with van der Waals surface area (Å²) in [4.78, 5) is 2.10. The second-order valence-electron chi connectivity index (χ2n) is 5.62. The van der Waals surface area contributed by atoms with Crippen molar-refractivity contribution in [2.45, 2.75) is 40.2 Å². The van der Waals surface area contributed by atoms with Crippen molar-refractivity contribution < 1.29 is 0 Å². The van der Waals surface area contributed by atoms with Crippen LogP contribution in [0.25, 0.3) is 0 Å². The summed E-state index contributed by atoms with van der Waals surface area (Å²) >= 11 is 5.50. The Hall–Kier alpha value is -1.35. The molecular formula is C15H20N2S. The van der Waals surface area contributed by atoms with E-state index in [1.165, 1.54) is 16.8 Å². The van der Waals surface area contributed by atoms with E-state index in [0.717, 1.165) is 10.8 Å². The zero-order valence-electron chi connectivity index (χ0n) is 11.7. The number of allylic oxidation sites excluding steroid dienone is 1. The molecule has 0 fully saturated rings. The van der Waals surface area contributed by atoms with Crippen molar-refractivity contribution in [1.82, 2.24) is 5.32 Å². The van der Waals surface area contributed by atoms with Crippen LogP contribution < -0.4 is 10.2 Å². The van der Waals surface area contributed by atoms with Gasteiger partial charge in [-0.25, -0.2) is 0 Å². The van der Waals surface area contributed by atoms with E-state index in [1.807, 2.05) is 0 Å². The number of rotatable bonds is 1. The van der Waals surface area contributed by atoms with Crippen LogP contribution in [0.15, 0.2) is 30.0 Å². The maximum Gasteiger partial charge on any atom is 0.178 e. The van der Waals surface area contributed by atoms with Crippen LogP contribution in [0.1, 0.15) is 31.9 Å². The first kappa shape index (κ1) is 13.1. The van der Waals surface area contributed by atoms with Gasteiger partial charge in [-0.15, -0.1) is 0 Å². The smallest absolute Gasteiger partial charge is 0.178 e. The highest BCUT2D eigenvalue weighted by Gasteiger charge is 2.27. The molecule has 0 aromatic heterocycles. The lowest BCUT2D eigenvalue weighted by atomic mass is 10.0. The summed E-state index contributed by atoms with van der Waals surface area (Å²) in [6.07, 6.45) is 2.21. The van der Waals surface area contributed by atoms with E-state index in [4.69, 9.17) is 12.2 Å². The lowest BCUT2D eigenvalue weighted by Gasteiger charge is -2.38. The Balaban J connectivity index is 2.47. The molecule has 18 heavy (non-hydrogen) atoms. The molecule has 0 atom stereocenters. The van der Waals surface area contributed by atoms with E-state index in [0.29, 0.717) is 0 Å². The summed E-state index contributed by atoms with van der Waals surface area (Å²) in [5.74, 6) is 0. The van der Waals surface area contributed by atoms with Gasteiger partial charge in [0.2, 0.25) is 0 Å². The second-order valence-corrected chi connectivity index (χ2v) is 6.01. The zero-order chi connectivity index (χ0) is 13.5. The molecule has 0 amide bonds. The Morgan fingerprint density at radius 3 is 2.11 bits per heavy atom. The molecule has 1 heterocycles. The molecule has 0 bridgehead atoms. The standard InChI is InChI=1S/C15H20N2S/c1-10-6-11(2)8-13(7-10)17-12(3)9-15(4,5)16-14(17)18/h6-9H,1-5H3,(H,16,18). The highest BCUT2D eigenvalue weighted by molar-refractivity contribution is 7.80. The summed E-state index contributed by atoms with van der Waals surface area (Å²) < 4.78 is 0. The van der Waals surface area contributed by atoms with E-state index in [1.54, 1.807) is 0 Å². The Bertz CT molecular complexity index is 509. The molecule has 3 heteroatoms. The van der Waals surface area contributed by atoms with Gasteiger partial charge in [-0.2, -0.15) is 0 Å². The van der Waals surface area contributed by atoms with Crippen molar-refractivity contribution in [3.63, 3.8) is 0 Å². The highest BCUT2D eigenvalue weighted by atomic mass is 32.1. The number of nitrogens with zero attached hydrogens (tertiary/aromatic N) is 1. The number of hydrogen-bond donors (Lipinski definition) is 1. The van der Waals surface area contributed by atoms with Crippen molar-refractivity contribution in [1.29, 1.82) is 0 Å². The average molecular weight is 260 g/mol. The van der Waals surface area contributed by atoms with Crippen molar-refractivity contribution in [3.05, 3.63) is 41.1 Å². The predicted octanol–water partition coefficient (Wildman–Crippen LogP) is 3.68. The van der Waals surface area contributed by atoms with Crippen LogP contribution in [-0.2, 0) is 0 Å². The SMILES string of the molecule is CC1=CC(C)(C)NC(=S)N1c1cc(C)cc(C)c1. The molecule has 2 rings (SSSR count). The second kappa shape index (κ2) is 4.39. The molecule has 1 aromatic rings. The van der Waals surface area contributed by atoms with Gasteiger partial charge in [0, 0.05) is 11.4 Å². The van der Waals surface area contributed by atoms with Crippen LogP contribution in [0.2, 0.25) is 0 Å². The van der Waals surface area contributed by atoms with E-state index in [9.17, 15) is 0 Å². The summed E-state index contributed by atoms with van der Waals surface area (Å²) in [6, 6.07) is 6.50. The Kier molecular flexibility index (Phi) is 3.20. The Morgan fingerprint density at radius 1 is 1.06 bits per heavy atom. The number of benzene rings is 1. The van der Waals surface area contributed by atoms with Gasteiger partial charge in [-0.3, -0.25) is 4.90 Å². The number of thiocarbonyl (C=S) groups is 1. The van der Waals surface area contributed by atoms with E-state index in [2.05, 4.69) is 69.1 Å². The minimum Gasteiger partial charge on any atom is -0.354 e. The predicted molar refractivity (Wildman–Crippen MR) is 82.0 cm³/mol. The van der Waals surface area contributed by atoms with Crippen LogP contribution in [0.3, 0.4) is 0 Å². The topological polar surface area (TPSA) is 15.3 Å². The van der Waals surface area contributed by atoms with Crippen molar-refractivity contribution >= 4 is 23.0 Å². The van der Waals surface area contributed by atoms with Gasteiger partial charge in [0.05, 0.1) is 5.54 Å². The van der Waals surface area contributed by atoms with Gasteiger partial charge < -0.3 is 5.32 Å². The first-order valence-electron chi connectivity index (χ1n) is 6.18. The minimum atomic E-state index is -0.0729. The zero-order valence-corrected chi connectivity index (χ0v) is 12.5. The normalized spacial score (nSPS) is 18.4. The number of hydrogen-bond acceptors (Lipinski definition) is 1. The molecule has 1 aliphatic heterocycles. The fraction of sp³-hybridized carbons (Fsp3) is 0.400. The highest BCUT2D eigenvalue weighted by Crippen LogP contribution is 2.27. The van der Waals surface area contributed by atoms with Crippen LogP contribution >= 0.6 is 12.2 Å². The number of anilines is 1. The first-order valence-corrected chi connectivity index (χ1v) is 6.59. The van der Waals surface area contributed by atoms with Crippen molar-refractivity contribution in [3.8, 4) is 0 Å². The summed E-state index contributed by atoms with van der Waals surface area (Å²) in [7, 11) is 0. The van der Waals surface area contributed by atoms with Crippen molar-refractivity contribution in [2.24, 2.45) is 0 Å². The summed E-state index contributed by atoms with van der Waals surface area (Å²) in [6.45, 7) is 10.6. The molecule has 0 spiro atoms. The monoisotopic (exact) mass is 260 g/mol. The molecule has 1 aromatic carbocycles. The van der Waals surface area contributed by atoms with Gasteiger partial charge in [-0.05, 0) is 76.2 Å². The molecule has 1 aliphatic rings. The minimum absolute atomic E-state index is 0.0729. The van der Waals surface area contributed by atoms with Crippen LogP contribution in [-0.4, -0.2) is 10.7 Å². The van der Waals surface area contributed by atoms with Gasteiger partial charge in [0.1, 0.15) is 0 Å². The maximum absolute atomic E-state index is 5.50. The fourth-order valence-corrected chi connectivity index (χ4v) is 3.03. The lowest BCUT2D eigenvalue weighted by molar-refractivity contribution is 0.560. The van der Waals surface area contributed by atoms with E-state index in [-0.39, 0.29) is 5.54 Å². The summed E-state index contributed by atoms with van der Waals surface area (Å²) in [5, 5.41) is 4.12. The molecule has 0 saturated carbocycles. The first-order chi connectivity index (χ1) is 8.28. The molecule has 2 nitrogen and oxygen atoms in total. The molecule has 0 aliphatic carbocycles. The average Bonchev–Trinajstić information content (AvgIpc) is 2.11. The van der Waals surface area contributed by atoms with Crippen LogP contribution in [0.4, 0.5) is 5.69 Å². The maximum atomic E-state index is 5.50. The third-order valence-electron chi connectivity index (χ3n) is 3.02. The van der Waals surface area contributed by atoms with E-state index < -0.39 is 0 Å². The van der Waals surface area contributed by atoms with Crippen LogP contribution in [0.5, 0.6) is 0 Å². The van der Waals surface area contributed by atoms with Gasteiger partial charge in [0.15, 0.2) is 5.11 Å². The molecule has 96 valence electrons. The lowest BCUT2D eigenvalue weighted by Crippen LogP contribution is -2.53. The van der Waals surface area contributed by atoms with Crippen molar-refractivity contribution in [2.75, 3.05) is 4.90 Å². The van der Waals surface area contributed by atoms with Gasteiger partial charge >= 0.3 is 0 Å². The largest absolute Gasteiger partial charge is 0.354 e.